The monoisotopic (exact) mass is 368 g/mol. The van der Waals surface area contributed by atoms with Crippen LogP contribution in [0.1, 0.15) is 49.4 Å². The molecule has 100 valence electrons. The van der Waals surface area contributed by atoms with Gasteiger partial charge in [0.05, 0.1) is 5.69 Å². The summed E-state index contributed by atoms with van der Waals surface area (Å²) in [6.45, 7) is 2.11. The van der Waals surface area contributed by atoms with Gasteiger partial charge >= 0.3 is 0 Å². The van der Waals surface area contributed by atoms with E-state index in [-0.39, 0.29) is 0 Å². The summed E-state index contributed by atoms with van der Waals surface area (Å²) in [5.74, 6) is 1.55. The molecule has 3 rings (SSSR count). The normalized spacial score (nSPS) is 16.7. The lowest BCUT2D eigenvalue weighted by Gasteiger charge is -2.20. The summed E-state index contributed by atoms with van der Waals surface area (Å²) in [5, 5.41) is 12.4. The predicted octanol–water partition coefficient (Wildman–Crippen LogP) is 3.62. The van der Waals surface area contributed by atoms with Gasteiger partial charge in [-0.2, -0.15) is 4.68 Å². The molecule has 1 fully saturated rings. The van der Waals surface area contributed by atoms with Gasteiger partial charge in [0.25, 0.3) is 0 Å². The van der Waals surface area contributed by atoms with Crippen molar-refractivity contribution in [3.63, 3.8) is 0 Å². The Morgan fingerprint density at radius 1 is 1.21 bits per heavy atom. The van der Waals surface area contributed by atoms with Gasteiger partial charge in [-0.15, -0.1) is 5.10 Å². The summed E-state index contributed by atoms with van der Waals surface area (Å²) in [4.78, 5) is 0. The van der Waals surface area contributed by atoms with Crippen LogP contribution in [-0.2, 0) is 0 Å². The number of halogens is 1. The Bertz CT molecular complexity index is 573. The fourth-order valence-electron chi connectivity index (χ4n) is 2.79. The summed E-state index contributed by atoms with van der Waals surface area (Å²) in [6.07, 6.45) is 6.36. The molecule has 5 heteroatoms. The molecule has 0 N–H and O–H groups in total. The predicted molar refractivity (Wildman–Crippen MR) is 82.4 cm³/mol. The van der Waals surface area contributed by atoms with Gasteiger partial charge in [0.1, 0.15) is 0 Å². The number of hydrogen-bond donors (Lipinski definition) is 0. The fraction of sp³-hybridized carbons (Fsp3) is 0.500. The lowest BCUT2D eigenvalue weighted by molar-refractivity contribution is 0.422. The van der Waals surface area contributed by atoms with Gasteiger partial charge in [-0.3, -0.25) is 0 Å². The highest BCUT2D eigenvalue weighted by atomic mass is 127. The van der Waals surface area contributed by atoms with E-state index >= 15 is 0 Å². The zero-order valence-electron chi connectivity index (χ0n) is 11.0. The number of aryl methyl sites for hydroxylation is 1. The summed E-state index contributed by atoms with van der Waals surface area (Å²) < 4.78 is 3.15. The van der Waals surface area contributed by atoms with Crippen LogP contribution in [0.25, 0.3) is 5.69 Å². The molecule has 1 saturated carbocycles. The van der Waals surface area contributed by atoms with E-state index in [0.29, 0.717) is 5.92 Å². The second kappa shape index (κ2) is 5.56. The fourth-order valence-corrected chi connectivity index (χ4v) is 3.27. The molecule has 0 saturated heterocycles. The van der Waals surface area contributed by atoms with Gasteiger partial charge in [0.15, 0.2) is 5.82 Å². The van der Waals surface area contributed by atoms with Crippen LogP contribution in [0.4, 0.5) is 0 Å². The van der Waals surface area contributed by atoms with E-state index in [9.17, 15) is 0 Å². The molecule has 0 amide bonds. The molecule has 1 aliphatic rings. The quantitative estimate of drug-likeness (QED) is 0.761. The number of hydrogen-bond acceptors (Lipinski definition) is 3. The molecule has 0 spiro atoms. The summed E-state index contributed by atoms with van der Waals surface area (Å²) in [7, 11) is 0. The second-order valence-electron chi connectivity index (χ2n) is 5.21. The van der Waals surface area contributed by atoms with Crippen LogP contribution in [0.3, 0.4) is 0 Å². The molecule has 0 radical (unpaired) electrons. The highest BCUT2D eigenvalue weighted by molar-refractivity contribution is 14.1. The van der Waals surface area contributed by atoms with Crippen molar-refractivity contribution >= 4 is 22.6 Å². The first kappa shape index (κ1) is 13.0. The van der Waals surface area contributed by atoms with Crippen LogP contribution in [0, 0.1) is 10.5 Å². The summed E-state index contributed by atoms with van der Waals surface area (Å²) in [5.41, 5.74) is 2.32. The minimum absolute atomic E-state index is 0.515. The van der Waals surface area contributed by atoms with Gasteiger partial charge in [0.2, 0.25) is 0 Å². The van der Waals surface area contributed by atoms with E-state index in [1.165, 1.54) is 41.2 Å². The molecule has 1 aliphatic carbocycles. The first-order chi connectivity index (χ1) is 9.25. The molecule has 1 aromatic heterocycles. The Labute approximate surface area is 126 Å². The zero-order chi connectivity index (χ0) is 13.2. The van der Waals surface area contributed by atoms with Crippen molar-refractivity contribution in [1.29, 1.82) is 0 Å². The highest BCUT2D eigenvalue weighted by Gasteiger charge is 2.22. The SMILES string of the molecule is Cc1ccc(I)cc1-n1nnnc1C1CCCCC1. The largest absolute Gasteiger partial charge is 0.197 e. The molecule has 1 heterocycles. The maximum Gasteiger partial charge on any atom is 0.159 e. The molecule has 0 aliphatic heterocycles. The molecule has 1 aromatic carbocycles. The van der Waals surface area contributed by atoms with Crippen molar-refractivity contribution in [3.05, 3.63) is 33.2 Å². The molecule has 2 aromatic rings. The van der Waals surface area contributed by atoms with Crippen molar-refractivity contribution in [3.8, 4) is 5.69 Å². The van der Waals surface area contributed by atoms with Crippen LogP contribution < -0.4 is 0 Å². The van der Waals surface area contributed by atoms with E-state index < -0.39 is 0 Å². The Balaban J connectivity index is 2.01. The lowest BCUT2D eigenvalue weighted by atomic mass is 9.88. The first-order valence-corrected chi connectivity index (χ1v) is 7.88. The summed E-state index contributed by atoms with van der Waals surface area (Å²) >= 11 is 2.33. The maximum atomic E-state index is 4.29. The Morgan fingerprint density at radius 2 is 2.00 bits per heavy atom. The molecule has 0 bridgehead atoms. The van der Waals surface area contributed by atoms with Gasteiger partial charge < -0.3 is 0 Å². The van der Waals surface area contributed by atoms with Crippen molar-refractivity contribution in [1.82, 2.24) is 20.2 Å². The Kier molecular flexibility index (Phi) is 3.81. The Hall–Kier alpha value is -0.980. The first-order valence-electron chi connectivity index (χ1n) is 6.80. The third-order valence-electron chi connectivity index (χ3n) is 3.86. The summed E-state index contributed by atoms with van der Waals surface area (Å²) in [6, 6.07) is 6.39. The zero-order valence-corrected chi connectivity index (χ0v) is 13.2. The van der Waals surface area contributed by atoms with Crippen LogP contribution in [0.15, 0.2) is 18.2 Å². The van der Waals surface area contributed by atoms with Gasteiger partial charge in [-0.05, 0) is 70.5 Å². The highest BCUT2D eigenvalue weighted by Crippen LogP contribution is 2.32. The third kappa shape index (κ3) is 2.66. The van der Waals surface area contributed by atoms with E-state index in [1.807, 2.05) is 4.68 Å². The van der Waals surface area contributed by atoms with Gasteiger partial charge in [-0.25, -0.2) is 0 Å². The van der Waals surface area contributed by atoms with Gasteiger partial charge in [-0.1, -0.05) is 25.3 Å². The number of benzene rings is 1. The standard InChI is InChI=1S/C14H17IN4/c1-10-7-8-12(15)9-13(10)19-14(16-17-18-19)11-5-3-2-4-6-11/h7-9,11H,2-6H2,1H3. The second-order valence-corrected chi connectivity index (χ2v) is 6.46. The molecule has 4 nitrogen and oxygen atoms in total. The van der Waals surface area contributed by atoms with Crippen molar-refractivity contribution in [2.24, 2.45) is 0 Å². The molecular formula is C14H17IN4. The molecular weight excluding hydrogens is 351 g/mol. The van der Waals surface area contributed by atoms with Crippen LogP contribution in [-0.4, -0.2) is 20.2 Å². The number of nitrogens with zero attached hydrogens (tertiary/aromatic N) is 4. The van der Waals surface area contributed by atoms with E-state index in [2.05, 4.69) is 63.2 Å². The average molecular weight is 368 g/mol. The molecule has 0 unspecified atom stereocenters. The van der Waals surface area contributed by atoms with Crippen molar-refractivity contribution in [2.45, 2.75) is 44.9 Å². The van der Waals surface area contributed by atoms with Crippen molar-refractivity contribution in [2.75, 3.05) is 0 Å². The van der Waals surface area contributed by atoms with Crippen LogP contribution in [0.5, 0.6) is 0 Å². The van der Waals surface area contributed by atoms with E-state index in [4.69, 9.17) is 0 Å². The smallest absolute Gasteiger partial charge is 0.159 e. The maximum absolute atomic E-state index is 4.29. The lowest BCUT2D eigenvalue weighted by Crippen LogP contribution is -2.13. The van der Waals surface area contributed by atoms with E-state index in [0.717, 1.165) is 11.5 Å². The van der Waals surface area contributed by atoms with Crippen molar-refractivity contribution < 1.29 is 0 Å². The number of tetrazole rings is 1. The number of aromatic nitrogens is 4. The van der Waals surface area contributed by atoms with Crippen LogP contribution in [0.2, 0.25) is 0 Å². The molecule has 19 heavy (non-hydrogen) atoms. The average Bonchev–Trinajstić information content (AvgIpc) is 2.91. The minimum atomic E-state index is 0.515. The van der Waals surface area contributed by atoms with E-state index in [1.54, 1.807) is 0 Å². The minimum Gasteiger partial charge on any atom is -0.197 e. The number of rotatable bonds is 2. The Morgan fingerprint density at radius 3 is 2.79 bits per heavy atom. The molecule has 0 atom stereocenters. The third-order valence-corrected chi connectivity index (χ3v) is 4.53. The van der Waals surface area contributed by atoms with Gasteiger partial charge in [0, 0.05) is 9.49 Å². The topological polar surface area (TPSA) is 43.6 Å². The van der Waals surface area contributed by atoms with Crippen LogP contribution >= 0.6 is 22.6 Å².